The van der Waals surface area contributed by atoms with Crippen molar-refractivity contribution >= 4 is 29.1 Å². The summed E-state index contributed by atoms with van der Waals surface area (Å²) in [5, 5.41) is 0.914. The molecule has 1 aromatic carbocycles. The number of carbonyl (C=O) groups excluding carboxylic acids is 1. The summed E-state index contributed by atoms with van der Waals surface area (Å²) in [6.45, 7) is 8.33. The van der Waals surface area contributed by atoms with Crippen molar-refractivity contribution in [2.75, 3.05) is 13.1 Å². The Balaban J connectivity index is 2.75. The zero-order valence-corrected chi connectivity index (χ0v) is 12.5. The van der Waals surface area contributed by atoms with E-state index < -0.39 is 6.10 Å². The predicted molar refractivity (Wildman–Crippen MR) is 79.0 cm³/mol. The molecule has 1 aromatic rings. The molecule has 1 rings (SSSR count). The predicted octanol–water partition coefficient (Wildman–Crippen LogP) is 3.80. The summed E-state index contributed by atoms with van der Waals surface area (Å²) in [6.07, 6.45) is 1.07. The quantitative estimate of drug-likeness (QED) is 0.748. The molecule has 5 heteroatoms. The third-order valence-electron chi connectivity index (χ3n) is 2.59. The number of amides is 1. The molecule has 0 saturated carbocycles. The van der Waals surface area contributed by atoms with Gasteiger partial charge < -0.3 is 9.64 Å². The Labute approximate surface area is 123 Å². The van der Waals surface area contributed by atoms with E-state index in [0.717, 1.165) is 0 Å². The molecule has 0 fully saturated rings. The average molecular weight is 302 g/mol. The van der Waals surface area contributed by atoms with Crippen LogP contribution in [0.5, 0.6) is 5.75 Å². The third-order valence-corrected chi connectivity index (χ3v) is 3.12. The number of nitrogens with zero attached hydrogens (tertiary/aromatic N) is 1. The molecule has 0 aliphatic heterocycles. The summed E-state index contributed by atoms with van der Waals surface area (Å²) >= 11 is 11.8. The van der Waals surface area contributed by atoms with Crippen LogP contribution in [-0.4, -0.2) is 30.0 Å². The van der Waals surface area contributed by atoms with Gasteiger partial charge in [-0.15, -0.1) is 6.58 Å². The maximum Gasteiger partial charge on any atom is 0.263 e. The van der Waals surface area contributed by atoms with Crippen molar-refractivity contribution in [3.05, 3.63) is 40.9 Å². The Bertz CT molecular complexity index is 463. The van der Waals surface area contributed by atoms with Crippen LogP contribution in [0.25, 0.3) is 0 Å². The maximum absolute atomic E-state index is 12.1. The molecule has 0 N–H and O–H groups in total. The van der Waals surface area contributed by atoms with E-state index in [1.807, 2.05) is 6.92 Å². The van der Waals surface area contributed by atoms with E-state index in [0.29, 0.717) is 28.9 Å². The van der Waals surface area contributed by atoms with Crippen LogP contribution >= 0.6 is 23.2 Å². The topological polar surface area (TPSA) is 29.5 Å². The van der Waals surface area contributed by atoms with Crippen LogP contribution in [0, 0.1) is 0 Å². The minimum absolute atomic E-state index is 0.103. The first-order valence-electron chi connectivity index (χ1n) is 6.01. The normalized spacial score (nSPS) is 11.8. The van der Waals surface area contributed by atoms with E-state index in [4.69, 9.17) is 27.9 Å². The van der Waals surface area contributed by atoms with Gasteiger partial charge in [-0.05, 0) is 32.0 Å². The number of rotatable bonds is 6. The fourth-order valence-corrected chi connectivity index (χ4v) is 2.05. The number of likely N-dealkylation sites (N-methyl/N-ethyl adjacent to an activating group) is 1. The van der Waals surface area contributed by atoms with Gasteiger partial charge in [0.2, 0.25) is 0 Å². The van der Waals surface area contributed by atoms with E-state index in [1.54, 1.807) is 36.1 Å². The third kappa shape index (κ3) is 4.44. The van der Waals surface area contributed by atoms with Crippen LogP contribution in [0.2, 0.25) is 10.0 Å². The standard InChI is InChI=1S/C14H17Cl2NO2/c1-4-8-17(5-2)14(18)10(3)19-13-7-6-11(15)9-12(13)16/h4,6-7,9-10H,1,5,8H2,2-3H3. The van der Waals surface area contributed by atoms with Crippen molar-refractivity contribution in [2.24, 2.45) is 0 Å². The summed E-state index contributed by atoms with van der Waals surface area (Å²) in [5.74, 6) is 0.343. The molecule has 1 amide bonds. The van der Waals surface area contributed by atoms with Crippen LogP contribution in [0.1, 0.15) is 13.8 Å². The van der Waals surface area contributed by atoms with E-state index >= 15 is 0 Å². The van der Waals surface area contributed by atoms with Crippen LogP contribution in [0.4, 0.5) is 0 Å². The average Bonchev–Trinajstić information content (AvgIpc) is 2.38. The smallest absolute Gasteiger partial charge is 0.263 e. The van der Waals surface area contributed by atoms with Gasteiger partial charge >= 0.3 is 0 Å². The van der Waals surface area contributed by atoms with Gasteiger partial charge in [-0.25, -0.2) is 0 Å². The van der Waals surface area contributed by atoms with Crippen LogP contribution < -0.4 is 4.74 Å². The highest BCUT2D eigenvalue weighted by atomic mass is 35.5. The summed E-state index contributed by atoms with van der Waals surface area (Å²) in [5.41, 5.74) is 0. The lowest BCUT2D eigenvalue weighted by Crippen LogP contribution is -2.40. The molecule has 0 saturated heterocycles. The largest absolute Gasteiger partial charge is 0.479 e. The lowest BCUT2D eigenvalue weighted by Gasteiger charge is -2.23. The molecule has 104 valence electrons. The van der Waals surface area contributed by atoms with Crippen molar-refractivity contribution < 1.29 is 9.53 Å². The van der Waals surface area contributed by atoms with Gasteiger partial charge in [-0.3, -0.25) is 4.79 Å². The van der Waals surface area contributed by atoms with Gasteiger partial charge in [0.05, 0.1) is 5.02 Å². The summed E-state index contributed by atoms with van der Waals surface area (Å²) in [4.78, 5) is 13.8. The number of halogens is 2. The molecule has 0 aliphatic carbocycles. The van der Waals surface area contributed by atoms with Crippen LogP contribution in [-0.2, 0) is 4.79 Å². The summed E-state index contributed by atoms with van der Waals surface area (Å²) < 4.78 is 5.57. The molecule has 1 unspecified atom stereocenters. The first-order chi connectivity index (χ1) is 8.99. The van der Waals surface area contributed by atoms with E-state index in [1.165, 1.54) is 0 Å². The zero-order valence-electron chi connectivity index (χ0n) is 11.0. The second-order valence-electron chi connectivity index (χ2n) is 4.00. The van der Waals surface area contributed by atoms with Crippen LogP contribution in [0.3, 0.4) is 0 Å². The van der Waals surface area contributed by atoms with Crippen molar-refractivity contribution in [3.63, 3.8) is 0 Å². The van der Waals surface area contributed by atoms with Crippen molar-refractivity contribution in [1.29, 1.82) is 0 Å². The fraction of sp³-hybridized carbons (Fsp3) is 0.357. The molecule has 0 bridgehead atoms. The minimum Gasteiger partial charge on any atom is -0.479 e. The Kier molecular flexibility index (Phi) is 6.19. The Morgan fingerprint density at radius 3 is 2.74 bits per heavy atom. The van der Waals surface area contributed by atoms with Gasteiger partial charge in [0, 0.05) is 18.1 Å². The minimum atomic E-state index is -0.612. The van der Waals surface area contributed by atoms with Crippen molar-refractivity contribution in [2.45, 2.75) is 20.0 Å². The molecule has 0 radical (unpaired) electrons. The molecule has 0 spiro atoms. The first-order valence-corrected chi connectivity index (χ1v) is 6.76. The fourth-order valence-electron chi connectivity index (χ4n) is 1.60. The maximum atomic E-state index is 12.1. The highest BCUT2D eigenvalue weighted by Crippen LogP contribution is 2.28. The number of hydrogen-bond acceptors (Lipinski definition) is 2. The second kappa shape index (κ2) is 7.41. The monoisotopic (exact) mass is 301 g/mol. The molecule has 3 nitrogen and oxygen atoms in total. The summed E-state index contributed by atoms with van der Waals surface area (Å²) in [6, 6.07) is 4.90. The Morgan fingerprint density at radius 1 is 1.53 bits per heavy atom. The molecular formula is C14H17Cl2NO2. The zero-order chi connectivity index (χ0) is 14.4. The highest BCUT2D eigenvalue weighted by Gasteiger charge is 2.20. The first kappa shape index (κ1) is 15.9. The lowest BCUT2D eigenvalue weighted by molar-refractivity contribution is -0.137. The molecule has 0 heterocycles. The van der Waals surface area contributed by atoms with Crippen LogP contribution in [0.15, 0.2) is 30.9 Å². The number of benzene rings is 1. The Hall–Kier alpha value is -1.19. The van der Waals surface area contributed by atoms with E-state index in [9.17, 15) is 4.79 Å². The van der Waals surface area contributed by atoms with Gasteiger partial charge in [-0.1, -0.05) is 29.3 Å². The Morgan fingerprint density at radius 2 is 2.21 bits per heavy atom. The summed E-state index contributed by atoms with van der Waals surface area (Å²) in [7, 11) is 0. The highest BCUT2D eigenvalue weighted by molar-refractivity contribution is 6.35. The van der Waals surface area contributed by atoms with Gasteiger partial charge in [0.15, 0.2) is 6.10 Å². The lowest BCUT2D eigenvalue weighted by atomic mass is 10.3. The molecule has 0 aliphatic rings. The van der Waals surface area contributed by atoms with Gasteiger partial charge in [0.25, 0.3) is 5.91 Å². The van der Waals surface area contributed by atoms with Gasteiger partial charge in [-0.2, -0.15) is 0 Å². The van der Waals surface area contributed by atoms with E-state index in [-0.39, 0.29) is 5.91 Å². The molecule has 0 aromatic heterocycles. The van der Waals surface area contributed by atoms with Gasteiger partial charge in [0.1, 0.15) is 5.75 Å². The van der Waals surface area contributed by atoms with Crippen molar-refractivity contribution in [3.8, 4) is 5.75 Å². The molecule has 19 heavy (non-hydrogen) atoms. The van der Waals surface area contributed by atoms with Crippen molar-refractivity contribution in [1.82, 2.24) is 4.90 Å². The number of ether oxygens (including phenoxy) is 1. The molecular weight excluding hydrogens is 285 g/mol. The molecule has 1 atom stereocenters. The second-order valence-corrected chi connectivity index (χ2v) is 4.84. The van der Waals surface area contributed by atoms with E-state index in [2.05, 4.69) is 6.58 Å². The number of hydrogen-bond donors (Lipinski definition) is 0. The number of carbonyl (C=O) groups is 1. The SMILES string of the molecule is C=CCN(CC)C(=O)C(C)Oc1ccc(Cl)cc1Cl.